The van der Waals surface area contributed by atoms with Crippen molar-refractivity contribution in [1.82, 2.24) is 5.06 Å². The molecule has 0 radical (unpaired) electrons. The smallest absolute Gasteiger partial charge is 0.308 e. The van der Waals surface area contributed by atoms with Gasteiger partial charge in [0.1, 0.15) is 11.5 Å². The largest absolute Gasteiger partial charge is 0.507 e. The fourth-order valence-corrected chi connectivity index (χ4v) is 2.32. The van der Waals surface area contributed by atoms with E-state index in [1.54, 1.807) is 0 Å². The number of aromatic hydroxyl groups is 1. The number of esters is 1. The highest BCUT2D eigenvalue weighted by Gasteiger charge is 2.24. The second-order valence-electron chi connectivity index (χ2n) is 5.16. The van der Waals surface area contributed by atoms with Crippen LogP contribution in [0.1, 0.15) is 55.1 Å². The third kappa shape index (κ3) is 3.98. The predicted molar refractivity (Wildman–Crippen MR) is 81.3 cm³/mol. The maximum atomic E-state index is 12.0. The minimum absolute atomic E-state index is 0.00722. The van der Waals surface area contributed by atoms with E-state index < -0.39 is 11.9 Å². The molecule has 1 amide bonds. The maximum absolute atomic E-state index is 12.0. The number of aryl methyl sites for hydroxylation is 1. The summed E-state index contributed by atoms with van der Waals surface area (Å²) in [6, 6.07) is 1.48. The molecule has 0 aliphatic carbocycles. The summed E-state index contributed by atoms with van der Waals surface area (Å²) in [5.74, 6) is -1.11. The molecule has 6 heteroatoms. The van der Waals surface area contributed by atoms with Crippen molar-refractivity contribution in [3.63, 3.8) is 0 Å². The number of rotatable bonds is 6. The van der Waals surface area contributed by atoms with E-state index >= 15 is 0 Å². The zero-order valence-corrected chi connectivity index (χ0v) is 13.5. The number of hydroxylamine groups is 2. The first-order chi connectivity index (χ1) is 10.3. The Labute approximate surface area is 130 Å². The van der Waals surface area contributed by atoms with Crippen molar-refractivity contribution in [2.75, 3.05) is 7.05 Å². The van der Waals surface area contributed by atoms with Crippen LogP contribution >= 0.6 is 0 Å². The molecule has 0 aromatic heterocycles. The number of phenolic OH excluding ortho intramolecular Hbond substituents is 1. The van der Waals surface area contributed by atoms with Gasteiger partial charge < -0.3 is 9.84 Å². The molecule has 0 atom stereocenters. The van der Waals surface area contributed by atoms with E-state index in [1.165, 1.54) is 20.0 Å². The van der Waals surface area contributed by atoms with Crippen molar-refractivity contribution in [2.24, 2.45) is 0 Å². The van der Waals surface area contributed by atoms with Crippen LogP contribution < -0.4 is 4.74 Å². The van der Waals surface area contributed by atoms with Gasteiger partial charge in [-0.15, -0.1) is 0 Å². The summed E-state index contributed by atoms with van der Waals surface area (Å²) < 4.78 is 5.27. The fraction of sp³-hybridized carbons (Fsp3) is 0.500. The van der Waals surface area contributed by atoms with Gasteiger partial charge >= 0.3 is 5.97 Å². The Hall–Kier alpha value is -2.08. The number of carbonyl (C=O) groups is 2. The Morgan fingerprint density at radius 2 is 1.82 bits per heavy atom. The molecule has 0 saturated carbocycles. The van der Waals surface area contributed by atoms with E-state index in [9.17, 15) is 19.9 Å². The molecule has 0 fully saturated rings. The Balaban J connectivity index is 3.57. The number of carbonyl (C=O) groups excluding carboxylic acids is 2. The molecular weight excluding hydrogens is 286 g/mol. The van der Waals surface area contributed by atoms with Gasteiger partial charge in [-0.1, -0.05) is 26.7 Å². The number of hydrogen-bond donors (Lipinski definition) is 2. The molecule has 0 heterocycles. The number of hydrogen-bond acceptors (Lipinski definition) is 5. The number of benzene rings is 1. The molecule has 1 aromatic rings. The maximum Gasteiger partial charge on any atom is 0.308 e. The lowest BCUT2D eigenvalue weighted by molar-refractivity contribution is -0.132. The first-order valence-electron chi connectivity index (χ1n) is 7.36. The van der Waals surface area contributed by atoms with Crippen LogP contribution in [0.5, 0.6) is 11.5 Å². The number of phenols is 1. The Bertz CT molecular complexity index is 566. The van der Waals surface area contributed by atoms with Crippen LogP contribution in [0.3, 0.4) is 0 Å². The second kappa shape index (κ2) is 7.79. The van der Waals surface area contributed by atoms with E-state index in [-0.39, 0.29) is 11.3 Å². The van der Waals surface area contributed by atoms with E-state index in [2.05, 4.69) is 0 Å². The van der Waals surface area contributed by atoms with Crippen LogP contribution in [0.4, 0.5) is 0 Å². The van der Waals surface area contributed by atoms with Crippen LogP contribution in [-0.2, 0) is 17.6 Å². The van der Waals surface area contributed by atoms with Crippen LogP contribution in [-0.4, -0.2) is 34.3 Å². The molecule has 122 valence electrons. The van der Waals surface area contributed by atoms with Crippen molar-refractivity contribution in [3.05, 3.63) is 22.8 Å². The molecule has 0 aliphatic rings. The van der Waals surface area contributed by atoms with Crippen molar-refractivity contribution in [1.29, 1.82) is 0 Å². The van der Waals surface area contributed by atoms with E-state index in [0.29, 0.717) is 41.2 Å². The van der Waals surface area contributed by atoms with Gasteiger partial charge in [0.15, 0.2) is 0 Å². The van der Waals surface area contributed by atoms with Crippen LogP contribution in [0, 0.1) is 0 Å². The number of nitrogens with zero attached hydrogens (tertiary/aromatic N) is 1. The topological polar surface area (TPSA) is 87.1 Å². The van der Waals surface area contributed by atoms with Crippen molar-refractivity contribution < 1.29 is 24.6 Å². The van der Waals surface area contributed by atoms with Crippen LogP contribution in [0.2, 0.25) is 0 Å². The highest BCUT2D eigenvalue weighted by molar-refractivity contribution is 5.97. The third-order valence-electron chi connectivity index (χ3n) is 3.21. The quantitative estimate of drug-likeness (QED) is 0.365. The normalized spacial score (nSPS) is 10.4. The van der Waals surface area contributed by atoms with Crippen LogP contribution in [0.25, 0.3) is 0 Å². The third-order valence-corrected chi connectivity index (χ3v) is 3.21. The first-order valence-corrected chi connectivity index (χ1v) is 7.36. The Morgan fingerprint density at radius 1 is 1.23 bits per heavy atom. The predicted octanol–water partition coefficient (Wildman–Crippen LogP) is 2.68. The summed E-state index contributed by atoms with van der Waals surface area (Å²) in [6.07, 6.45) is 2.55. The second-order valence-corrected chi connectivity index (χ2v) is 5.16. The summed E-state index contributed by atoms with van der Waals surface area (Å²) in [7, 11) is 1.20. The highest BCUT2D eigenvalue weighted by Crippen LogP contribution is 2.37. The summed E-state index contributed by atoms with van der Waals surface area (Å²) in [4.78, 5) is 23.4. The number of amides is 1. The average Bonchev–Trinajstić information content (AvgIpc) is 2.44. The Morgan fingerprint density at radius 3 is 2.27 bits per heavy atom. The standard InChI is InChI=1S/C16H23NO5/c1-5-7-11-9-13(16(20)17(4)21)14(19)12(8-6-2)15(11)22-10(3)18/h9,19,21H,5-8H2,1-4H3. The van der Waals surface area contributed by atoms with Crippen LogP contribution in [0.15, 0.2) is 6.07 Å². The van der Waals surface area contributed by atoms with Gasteiger partial charge in [-0.2, -0.15) is 0 Å². The van der Waals surface area contributed by atoms with Gasteiger partial charge in [-0.25, -0.2) is 5.06 Å². The van der Waals surface area contributed by atoms with Gasteiger partial charge in [0, 0.05) is 19.5 Å². The summed E-state index contributed by atoms with van der Waals surface area (Å²) in [5.41, 5.74) is 1.10. The fourth-order valence-electron chi connectivity index (χ4n) is 2.32. The van der Waals surface area contributed by atoms with Crippen molar-refractivity contribution >= 4 is 11.9 Å². The van der Waals surface area contributed by atoms with E-state index in [1.807, 2.05) is 13.8 Å². The molecule has 2 N–H and O–H groups in total. The molecule has 1 aromatic carbocycles. The van der Waals surface area contributed by atoms with Gasteiger partial charge in [-0.05, 0) is 24.5 Å². The molecule has 0 aliphatic heterocycles. The minimum atomic E-state index is -0.707. The summed E-state index contributed by atoms with van der Waals surface area (Å²) in [6.45, 7) is 5.18. The monoisotopic (exact) mass is 309 g/mol. The molecule has 6 nitrogen and oxygen atoms in total. The van der Waals surface area contributed by atoms with Gasteiger partial charge in [0.2, 0.25) is 0 Å². The lowest BCUT2D eigenvalue weighted by atomic mass is 9.96. The zero-order chi connectivity index (χ0) is 16.9. The van der Waals surface area contributed by atoms with Crippen molar-refractivity contribution in [2.45, 2.75) is 46.5 Å². The molecule has 22 heavy (non-hydrogen) atoms. The molecule has 0 bridgehead atoms. The van der Waals surface area contributed by atoms with Crippen molar-refractivity contribution in [3.8, 4) is 11.5 Å². The average molecular weight is 309 g/mol. The first kappa shape index (κ1) is 18.0. The summed E-state index contributed by atoms with van der Waals surface area (Å²) in [5, 5.41) is 20.1. The van der Waals surface area contributed by atoms with E-state index in [4.69, 9.17) is 4.74 Å². The molecule has 0 saturated heterocycles. The lowest BCUT2D eigenvalue weighted by Gasteiger charge is -2.19. The highest BCUT2D eigenvalue weighted by atomic mass is 16.5. The van der Waals surface area contributed by atoms with Gasteiger partial charge in [-0.3, -0.25) is 14.8 Å². The molecule has 0 spiro atoms. The molecular formula is C16H23NO5. The van der Waals surface area contributed by atoms with E-state index in [0.717, 1.165) is 6.42 Å². The molecule has 0 unspecified atom stereocenters. The zero-order valence-electron chi connectivity index (χ0n) is 13.5. The SMILES string of the molecule is CCCc1cc(C(=O)N(C)O)c(O)c(CCC)c1OC(C)=O. The molecule has 1 rings (SSSR count). The number of ether oxygens (including phenoxy) is 1. The Kier molecular flexibility index (Phi) is 6.37. The minimum Gasteiger partial charge on any atom is -0.507 e. The lowest BCUT2D eigenvalue weighted by Crippen LogP contribution is -2.23. The van der Waals surface area contributed by atoms with Gasteiger partial charge in [0.25, 0.3) is 5.91 Å². The van der Waals surface area contributed by atoms with Gasteiger partial charge in [0.05, 0.1) is 5.56 Å². The summed E-state index contributed by atoms with van der Waals surface area (Å²) >= 11 is 0.